The molecule has 1 fully saturated rings. The molecule has 6 heteroatoms. The van der Waals surface area contributed by atoms with Crippen LogP contribution in [0.4, 0.5) is 0 Å². The van der Waals surface area contributed by atoms with Crippen LogP contribution in [0, 0.1) is 5.92 Å². The highest BCUT2D eigenvalue weighted by molar-refractivity contribution is 6.31. The lowest BCUT2D eigenvalue weighted by molar-refractivity contribution is -0.131. The van der Waals surface area contributed by atoms with Gasteiger partial charge in [0.15, 0.2) is 0 Å². The predicted octanol–water partition coefficient (Wildman–Crippen LogP) is 2.87. The fourth-order valence-electron chi connectivity index (χ4n) is 4.10. The minimum atomic E-state index is 0.00729. The third-order valence-electron chi connectivity index (χ3n) is 5.72. The number of piperidine rings is 1. The largest absolute Gasteiger partial charge is 0.342 e. The summed E-state index contributed by atoms with van der Waals surface area (Å²) in [5.74, 6) is 0.508. The van der Waals surface area contributed by atoms with E-state index in [2.05, 4.69) is 5.10 Å². The fourth-order valence-corrected chi connectivity index (χ4v) is 4.30. The Bertz CT molecular complexity index is 901. The Morgan fingerprint density at radius 2 is 1.96 bits per heavy atom. The Morgan fingerprint density at radius 3 is 2.74 bits per heavy atom. The van der Waals surface area contributed by atoms with Crippen LogP contribution in [0.15, 0.2) is 35.1 Å². The molecule has 0 unspecified atom stereocenters. The van der Waals surface area contributed by atoms with E-state index in [1.165, 1.54) is 0 Å². The van der Waals surface area contributed by atoms with Gasteiger partial charge in [-0.05, 0) is 55.2 Å². The number of nitrogens with zero attached hydrogens (tertiary/aromatic N) is 3. The number of carbonyl (C=O) groups excluding carboxylic acids is 1. The van der Waals surface area contributed by atoms with Gasteiger partial charge < -0.3 is 4.90 Å². The monoisotopic (exact) mass is 385 g/mol. The van der Waals surface area contributed by atoms with Crippen LogP contribution in [0.2, 0.25) is 5.02 Å². The first-order chi connectivity index (χ1) is 13.1. The quantitative estimate of drug-likeness (QED) is 0.813. The average Bonchev–Trinajstić information content (AvgIpc) is 3.11. The highest BCUT2D eigenvalue weighted by Crippen LogP contribution is 2.22. The van der Waals surface area contributed by atoms with Crippen LogP contribution in [0.3, 0.4) is 0 Å². The van der Waals surface area contributed by atoms with Crippen molar-refractivity contribution in [3.8, 4) is 0 Å². The van der Waals surface area contributed by atoms with Gasteiger partial charge in [0.05, 0.1) is 12.1 Å². The molecule has 1 aliphatic heterocycles. The van der Waals surface area contributed by atoms with Gasteiger partial charge in [-0.1, -0.05) is 29.8 Å². The SMILES string of the molecule is O=C(Cc1ccccc1Cl)N1CCC(Cn2nc3c(cc2=O)CCC3)CC1. The Hall–Kier alpha value is -2.14. The van der Waals surface area contributed by atoms with Gasteiger partial charge in [-0.2, -0.15) is 5.10 Å². The number of amides is 1. The van der Waals surface area contributed by atoms with E-state index in [9.17, 15) is 9.59 Å². The van der Waals surface area contributed by atoms with Gasteiger partial charge >= 0.3 is 0 Å². The first kappa shape index (κ1) is 18.2. The molecule has 0 radical (unpaired) electrons. The number of halogens is 1. The lowest BCUT2D eigenvalue weighted by Gasteiger charge is -2.32. The highest BCUT2D eigenvalue weighted by atomic mass is 35.5. The molecule has 4 rings (SSSR count). The molecule has 142 valence electrons. The zero-order chi connectivity index (χ0) is 18.8. The lowest BCUT2D eigenvalue weighted by atomic mass is 9.96. The third-order valence-corrected chi connectivity index (χ3v) is 6.09. The molecule has 1 aromatic heterocycles. The van der Waals surface area contributed by atoms with Gasteiger partial charge in [0, 0.05) is 30.7 Å². The highest BCUT2D eigenvalue weighted by Gasteiger charge is 2.24. The van der Waals surface area contributed by atoms with Crippen molar-refractivity contribution in [1.29, 1.82) is 0 Å². The summed E-state index contributed by atoms with van der Waals surface area (Å²) in [6.07, 6.45) is 5.20. The van der Waals surface area contributed by atoms with Crippen LogP contribution in [0.1, 0.15) is 36.1 Å². The van der Waals surface area contributed by atoms with E-state index in [1.54, 1.807) is 10.7 Å². The summed E-state index contributed by atoms with van der Waals surface area (Å²) in [7, 11) is 0. The molecule has 0 spiro atoms. The number of aryl methyl sites for hydroxylation is 2. The van der Waals surface area contributed by atoms with Crippen molar-refractivity contribution in [3.05, 3.63) is 62.5 Å². The molecule has 2 aromatic rings. The van der Waals surface area contributed by atoms with Crippen molar-refractivity contribution >= 4 is 17.5 Å². The molecule has 0 bridgehead atoms. The third kappa shape index (κ3) is 4.08. The minimum Gasteiger partial charge on any atom is -0.342 e. The van der Waals surface area contributed by atoms with Crippen LogP contribution in [0.5, 0.6) is 0 Å². The predicted molar refractivity (Wildman–Crippen MR) is 105 cm³/mol. The maximum Gasteiger partial charge on any atom is 0.267 e. The zero-order valence-corrected chi connectivity index (χ0v) is 16.1. The van der Waals surface area contributed by atoms with Gasteiger partial charge in [0.25, 0.3) is 5.56 Å². The number of aromatic nitrogens is 2. The summed E-state index contributed by atoms with van der Waals surface area (Å²) >= 11 is 6.17. The van der Waals surface area contributed by atoms with E-state index in [4.69, 9.17) is 11.6 Å². The van der Waals surface area contributed by atoms with Crippen molar-refractivity contribution in [3.63, 3.8) is 0 Å². The van der Waals surface area contributed by atoms with Gasteiger partial charge in [-0.25, -0.2) is 4.68 Å². The van der Waals surface area contributed by atoms with E-state index in [-0.39, 0.29) is 11.5 Å². The number of carbonyl (C=O) groups is 1. The van der Waals surface area contributed by atoms with Gasteiger partial charge in [0.1, 0.15) is 0 Å². The fraction of sp³-hybridized carbons (Fsp3) is 0.476. The molecule has 0 atom stereocenters. The summed E-state index contributed by atoms with van der Waals surface area (Å²) in [5.41, 5.74) is 3.09. The van der Waals surface area contributed by atoms with Crippen LogP contribution in [0.25, 0.3) is 0 Å². The molecule has 0 N–H and O–H groups in total. The Morgan fingerprint density at radius 1 is 1.19 bits per heavy atom. The first-order valence-electron chi connectivity index (χ1n) is 9.71. The van der Waals surface area contributed by atoms with Gasteiger partial charge in [0.2, 0.25) is 5.91 Å². The minimum absolute atomic E-state index is 0.00729. The number of fused-ring (bicyclic) bond motifs is 1. The summed E-state index contributed by atoms with van der Waals surface area (Å²) in [6, 6.07) is 9.26. The lowest BCUT2D eigenvalue weighted by Crippen LogP contribution is -2.41. The molecular formula is C21H24ClN3O2. The normalized spacial score (nSPS) is 17.1. The molecule has 2 heterocycles. The molecule has 27 heavy (non-hydrogen) atoms. The summed E-state index contributed by atoms with van der Waals surface area (Å²) in [6.45, 7) is 2.11. The van der Waals surface area contributed by atoms with Crippen LogP contribution < -0.4 is 5.56 Å². The summed E-state index contributed by atoms with van der Waals surface area (Å²) in [4.78, 5) is 26.8. The van der Waals surface area contributed by atoms with Crippen molar-refractivity contribution in [2.45, 2.75) is 45.1 Å². The maximum absolute atomic E-state index is 12.6. The average molecular weight is 386 g/mol. The number of hydrogen-bond donors (Lipinski definition) is 0. The van der Waals surface area contributed by atoms with E-state index in [1.807, 2.05) is 29.2 Å². The molecule has 0 saturated carbocycles. The zero-order valence-electron chi connectivity index (χ0n) is 15.4. The second kappa shape index (κ2) is 7.85. The Balaban J connectivity index is 1.33. The Kier molecular flexibility index (Phi) is 5.30. The van der Waals surface area contributed by atoms with Crippen LogP contribution in [-0.2, 0) is 30.6 Å². The van der Waals surface area contributed by atoms with Crippen molar-refractivity contribution in [2.24, 2.45) is 5.92 Å². The van der Waals surface area contributed by atoms with Crippen LogP contribution in [-0.4, -0.2) is 33.7 Å². The Labute approximate surface area is 163 Å². The summed E-state index contributed by atoms with van der Waals surface area (Å²) in [5, 5.41) is 5.22. The molecular weight excluding hydrogens is 362 g/mol. The van der Waals surface area contributed by atoms with E-state index < -0.39 is 0 Å². The van der Waals surface area contributed by atoms with Gasteiger partial charge in [-0.3, -0.25) is 9.59 Å². The molecule has 1 aliphatic carbocycles. The van der Waals surface area contributed by atoms with Crippen molar-refractivity contribution < 1.29 is 4.79 Å². The number of likely N-dealkylation sites (tertiary alicyclic amines) is 1. The van der Waals surface area contributed by atoms with Crippen molar-refractivity contribution in [2.75, 3.05) is 13.1 Å². The smallest absolute Gasteiger partial charge is 0.267 e. The molecule has 1 saturated heterocycles. The second-order valence-corrected chi connectivity index (χ2v) is 7.99. The second-order valence-electron chi connectivity index (χ2n) is 7.58. The van der Waals surface area contributed by atoms with E-state index in [0.29, 0.717) is 23.9 Å². The topological polar surface area (TPSA) is 55.2 Å². The molecule has 1 amide bonds. The van der Waals surface area contributed by atoms with Crippen LogP contribution >= 0.6 is 11.6 Å². The van der Waals surface area contributed by atoms with E-state index >= 15 is 0 Å². The number of rotatable bonds is 4. The first-order valence-corrected chi connectivity index (χ1v) is 10.1. The number of hydrogen-bond acceptors (Lipinski definition) is 3. The van der Waals surface area contributed by atoms with Gasteiger partial charge in [-0.15, -0.1) is 0 Å². The maximum atomic E-state index is 12.6. The number of benzene rings is 1. The standard InChI is InChI=1S/C21H24ClN3O2/c22-18-6-2-1-4-16(18)12-20(26)24-10-8-15(9-11-24)14-25-21(27)13-17-5-3-7-19(17)23-25/h1-2,4,6,13,15H,3,5,7-12,14H2. The molecule has 1 aromatic carbocycles. The molecule has 2 aliphatic rings. The van der Waals surface area contributed by atoms with E-state index in [0.717, 1.165) is 62.0 Å². The van der Waals surface area contributed by atoms with Crippen molar-refractivity contribution in [1.82, 2.24) is 14.7 Å². The molecule has 5 nitrogen and oxygen atoms in total. The summed E-state index contributed by atoms with van der Waals surface area (Å²) < 4.78 is 1.63.